The SMILES string of the molecule is Nc1c(Cl)cc([N+](=O)[O-])cc1C(=O)NCc1ccccn1. The highest BCUT2D eigenvalue weighted by Gasteiger charge is 2.18. The molecular formula is C13H11ClN4O3. The number of nitrogens with zero attached hydrogens (tertiary/aromatic N) is 2. The molecule has 21 heavy (non-hydrogen) atoms. The van der Waals surface area contributed by atoms with Crippen molar-refractivity contribution in [3.8, 4) is 0 Å². The lowest BCUT2D eigenvalue weighted by atomic mass is 10.1. The molecule has 0 bridgehead atoms. The molecule has 2 rings (SSSR count). The predicted molar refractivity (Wildman–Crippen MR) is 77.9 cm³/mol. The number of aromatic nitrogens is 1. The second-order valence-corrected chi connectivity index (χ2v) is 4.56. The molecule has 3 N–H and O–H groups in total. The topological polar surface area (TPSA) is 111 Å². The minimum Gasteiger partial charge on any atom is -0.397 e. The van der Waals surface area contributed by atoms with E-state index in [0.29, 0.717) is 5.69 Å². The van der Waals surface area contributed by atoms with Crippen molar-refractivity contribution >= 4 is 28.9 Å². The fourth-order valence-corrected chi connectivity index (χ4v) is 1.88. The molecule has 0 spiro atoms. The number of anilines is 1. The van der Waals surface area contributed by atoms with E-state index in [9.17, 15) is 14.9 Å². The van der Waals surface area contributed by atoms with Gasteiger partial charge in [0.25, 0.3) is 11.6 Å². The van der Waals surface area contributed by atoms with Gasteiger partial charge in [-0.05, 0) is 12.1 Å². The minimum absolute atomic E-state index is 0.000729. The smallest absolute Gasteiger partial charge is 0.271 e. The molecule has 0 unspecified atom stereocenters. The van der Waals surface area contributed by atoms with E-state index in [0.717, 1.165) is 12.1 Å². The Balaban J connectivity index is 2.21. The molecule has 1 aromatic carbocycles. The van der Waals surface area contributed by atoms with Crippen molar-refractivity contribution < 1.29 is 9.72 Å². The normalized spacial score (nSPS) is 10.1. The molecule has 0 atom stereocenters. The lowest BCUT2D eigenvalue weighted by Gasteiger charge is -2.08. The Morgan fingerprint density at radius 3 is 2.81 bits per heavy atom. The molecule has 0 radical (unpaired) electrons. The van der Waals surface area contributed by atoms with Crippen molar-refractivity contribution in [3.05, 3.63) is 62.9 Å². The highest BCUT2D eigenvalue weighted by molar-refractivity contribution is 6.34. The lowest BCUT2D eigenvalue weighted by molar-refractivity contribution is -0.384. The third kappa shape index (κ3) is 3.46. The number of hydrogen-bond donors (Lipinski definition) is 2. The maximum Gasteiger partial charge on any atom is 0.271 e. The Kier molecular flexibility index (Phi) is 4.34. The Morgan fingerprint density at radius 2 is 2.19 bits per heavy atom. The van der Waals surface area contributed by atoms with Gasteiger partial charge in [0, 0.05) is 18.3 Å². The number of rotatable bonds is 4. The zero-order chi connectivity index (χ0) is 15.4. The van der Waals surface area contributed by atoms with Crippen LogP contribution in [-0.4, -0.2) is 15.8 Å². The van der Waals surface area contributed by atoms with E-state index >= 15 is 0 Å². The third-order valence-corrected chi connectivity index (χ3v) is 3.04. The van der Waals surface area contributed by atoms with E-state index in [1.807, 2.05) is 0 Å². The van der Waals surface area contributed by atoms with Gasteiger partial charge in [-0.2, -0.15) is 0 Å². The van der Waals surface area contributed by atoms with Crippen LogP contribution in [0.5, 0.6) is 0 Å². The third-order valence-electron chi connectivity index (χ3n) is 2.73. The highest BCUT2D eigenvalue weighted by atomic mass is 35.5. The Labute approximate surface area is 124 Å². The zero-order valence-corrected chi connectivity index (χ0v) is 11.5. The van der Waals surface area contributed by atoms with Gasteiger partial charge in [-0.15, -0.1) is 0 Å². The molecule has 0 aliphatic rings. The number of hydrogen-bond acceptors (Lipinski definition) is 5. The predicted octanol–water partition coefficient (Wildman–Crippen LogP) is 2.16. The van der Waals surface area contributed by atoms with Gasteiger partial charge in [-0.25, -0.2) is 0 Å². The van der Waals surface area contributed by atoms with Crippen LogP contribution in [0.4, 0.5) is 11.4 Å². The number of amides is 1. The number of non-ortho nitro benzene ring substituents is 1. The first-order valence-corrected chi connectivity index (χ1v) is 6.28. The van der Waals surface area contributed by atoms with Crippen molar-refractivity contribution in [1.82, 2.24) is 10.3 Å². The number of nitrogens with two attached hydrogens (primary N) is 1. The summed E-state index contributed by atoms with van der Waals surface area (Å²) < 4.78 is 0. The molecule has 0 aliphatic heterocycles. The van der Waals surface area contributed by atoms with Crippen LogP contribution in [0.15, 0.2) is 36.5 Å². The average Bonchev–Trinajstić information content (AvgIpc) is 2.48. The van der Waals surface area contributed by atoms with Gasteiger partial charge in [-0.3, -0.25) is 19.9 Å². The molecule has 1 aromatic heterocycles. The molecule has 0 saturated heterocycles. The average molecular weight is 307 g/mol. The second-order valence-electron chi connectivity index (χ2n) is 4.15. The van der Waals surface area contributed by atoms with Crippen LogP contribution >= 0.6 is 11.6 Å². The second kappa shape index (κ2) is 6.19. The maximum absolute atomic E-state index is 12.1. The lowest BCUT2D eigenvalue weighted by Crippen LogP contribution is -2.24. The fraction of sp³-hybridized carbons (Fsp3) is 0.0769. The number of nitrogens with one attached hydrogen (secondary N) is 1. The van der Waals surface area contributed by atoms with Crippen LogP contribution < -0.4 is 11.1 Å². The summed E-state index contributed by atoms with van der Waals surface area (Å²) in [4.78, 5) is 26.3. The Morgan fingerprint density at radius 1 is 1.43 bits per heavy atom. The zero-order valence-electron chi connectivity index (χ0n) is 10.7. The van der Waals surface area contributed by atoms with Crippen LogP contribution in [-0.2, 0) is 6.54 Å². The number of pyridine rings is 1. The van der Waals surface area contributed by atoms with Crippen LogP contribution in [0.1, 0.15) is 16.1 Å². The number of carbonyl (C=O) groups excluding carboxylic acids is 1. The quantitative estimate of drug-likeness (QED) is 0.511. The summed E-state index contributed by atoms with van der Waals surface area (Å²) in [5.74, 6) is -0.552. The first-order valence-electron chi connectivity index (χ1n) is 5.90. The van der Waals surface area contributed by atoms with E-state index in [1.54, 1.807) is 24.4 Å². The fourth-order valence-electron chi connectivity index (χ4n) is 1.67. The van der Waals surface area contributed by atoms with E-state index in [4.69, 9.17) is 17.3 Å². The number of nitrogen functional groups attached to an aromatic ring is 1. The number of nitro benzene ring substituents is 1. The van der Waals surface area contributed by atoms with Crippen LogP contribution in [0.2, 0.25) is 5.02 Å². The molecule has 7 nitrogen and oxygen atoms in total. The molecule has 1 heterocycles. The largest absolute Gasteiger partial charge is 0.397 e. The summed E-state index contributed by atoms with van der Waals surface area (Å²) in [6.07, 6.45) is 1.60. The van der Waals surface area contributed by atoms with E-state index < -0.39 is 10.8 Å². The summed E-state index contributed by atoms with van der Waals surface area (Å²) >= 11 is 5.80. The molecule has 2 aromatic rings. The molecule has 0 fully saturated rings. The summed E-state index contributed by atoms with van der Waals surface area (Å²) in [7, 11) is 0. The number of benzene rings is 1. The summed E-state index contributed by atoms with van der Waals surface area (Å²) in [6.45, 7) is 0.180. The monoisotopic (exact) mass is 306 g/mol. The van der Waals surface area contributed by atoms with E-state index in [2.05, 4.69) is 10.3 Å². The molecule has 0 saturated carbocycles. The summed E-state index contributed by atoms with van der Waals surface area (Å²) in [6, 6.07) is 7.47. The molecule has 1 amide bonds. The van der Waals surface area contributed by atoms with E-state index in [-0.39, 0.29) is 28.5 Å². The summed E-state index contributed by atoms with van der Waals surface area (Å²) in [5.41, 5.74) is 6.01. The van der Waals surface area contributed by atoms with Gasteiger partial charge in [-0.1, -0.05) is 17.7 Å². The van der Waals surface area contributed by atoms with E-state index in [1.165, 1.54) is 0 Å². The number of carbonyl (C=O) groups is 1. The van der Waals surface area contributed by atoms with Gasteiger partial charge in [0.2, 0.25) is 0 Å². The molecule has 8 heteroatoms. The van der Waals surface area contributed by atoms with Crippen molar-refractivity contribution in [3.63, 3.8) is 0 Å². The van der Waals surface area contributed by atoms with Gasteiger partial charge >= 0.3 is 0 Å². The van der Waals surface area contributed by atoms with Gasteiger partial charge in [0.05, 0.1) is 33.4 Å². The Bertz CT molecular complexity index is 691. The Hall–Kier alpha value is -2.67. The number of nitro groups is 1. The van der Waals surface area contributed by atoms with Crippen molar-refractivity contribution in [1.29, 1.82) is 0 Å². The van der Waals surface area contributed by atoms with Crippen LogP contribution in [0.25, 0.3) is 0 Å². The standard InChI is InChI=1S/C13H11ClN4O3/c14-11-6-9(18(20)21)5-10(12(11)15)13(19)17-7-8-3-1-2-4-16-8/h1-6H,7,15H2,(H,17,19). The number of halogens is 1. The molecular weight excluding hydrogens is 296 g/mol. The van der Waals surface area contributed by atoms with Crippen molar-refractivity contribution in [2.45, 2.75) is 6.54 Å². The first kappa shape index (κ1) is 14.7. The highest BCUT2D eigenvalue weighted by Crippen LogP contribution is 2.28. The van der Waals surface area contributed by atoms with Gasteiger partial charge in [0.1, 0.15) is 0 Å². The maximum atomic E-state index is 12.1. The first-order chi connectivity index (χ1) is 9.99. The van der Waals surface area contributed by atoms with Crippen LogP contribution in [0, 0.1) is 10.1 Å². The molecule has 0 aliphatic carbocycles. The minimum atomic E-state index is -0.638. The molecule has 108 valence electrons. The van der Waals surface area contributed by atoms with Crippen molar-refractivity contribution in [2.75, 3.05) is 5.73 Å². The van der Waals surface area contributed by atoms with Crippen molar-refractivity contribution in [2.24, 2.45) is 0 Å². The van der Waals surface area contributed by atoms with Gasteiger partial charge in [0.15, 0.2) is 0 Å². The van der Waals surface area contributed by atoms with Crippen LogP contribution in [0.3, 0.4) is 0 Å². The summed E-state index contributed by atoms with van der Waals surface area (Å²) in [5, 5.41) is 13.3. The van der Waals surface area contributed by atoms with Gasteiger partial charge < -0.3 is 11.1 Å².